The van der Waals surface area contributed by atoms with Gasteiger partial charge in [0.05, 0.1) is 0 Å². The number of nitrogens with one attached hydrogen (secondary N) is 1. The first kappa shape index (κ1) is 15.0. The molecule has 0 saturated heterocycles. The maximum absolute atomic E-state index is 12.0. The molecule has 0 spiro atoms. The van der Waals surface area contributed by atoms with Crippen LogP contribution < -0.4 is 11.1 Å². The molecular formula is C14H21ClN2O. The molecular weight excluding hydrogens is 248 g/mol. The second-order valence-electron chi connectivity index (χ2n) is 4.74. The monoisotopic (exact) mass is 268 g/mol. The standard InChI is InChI=1S/C14H20N2O.ClH/c15-9-12-7-4-8-13(12)14(17)16-10-11-5-2-1-3-6-11;/h1-3,5-6,12-13H,4,7-10,15H2,(H,16,17);1H/t12-,13-;/m1./s1. The Kier molecular flexibility index (Phi) is 6.16. The summed E-state index contributed by atoms with van der Waals surface area (Å²) in [5, 5.41) is 3.01. The van der Waals surface area contributed by atoms with Gasteiger partial charge >= 0.3 is 0 Å². The Morgan fingerprint density at radius 3 is 2.67 bits per heavy atom. The van der Waals surface area contributed by atoms with Crippen LogP contribution in [0.3, 0.4) is 0 Å². The molecule has 1 aromatic carbocycles. The first-order valence-corrected chi connectivity index (χ1v) is 6.33. The highest BCUT2D eigenvalue weighted by Crippen LogP contribution is 2.30. The molecule has 0 bridgehead atoms. The molecule has 0 aliphatic heterocycles. The van der Waals surface area contributed by atoms with E-state index in [0.717, 1.165) is 24.8 Å². The smallest absolute Gasteiger partial charge is 0.223 e. The molecule has 100 valence electrons. The normalized spacial score (nSPS) is 22.3. The zero-order valence-electron chi connectivity index (χ0n) is 10.5. The maximum atomic E-state index is 12.0. The van der Waals surface area contributed by atoms with E-state index < -0.39 is 0 Å². The van der Waals surface area contributed by atoms with Gasteiger partial charge in [0, 0.05) is 12.5 Å². The summed E-state index contributed by atoms with van der Waals surface area (Å²) in [6.45, 7) is 1.25. The van der Waals surface area contributed by atoms with Gasteiger partial charge in [-0.05, 0) is 30.9 Å². The minimum atomic E-state index is 0. The lowest BCUT2D eigenvalue weighted by molar-refractivity contribution is -0.126. The third-order valence-electron chi connectivity index (χ3n) is 3.61. The quantitative estimate of drug-likeness (QED) is 0.879. The molecule has 0 radical (unpaired) electrons. The Morgan fingerprint density at radius 1 is 1.28 bits per heavy atom. The molecule has 1 amide bonds. The summed E-state index contributed by atoms with van der Waals surface area (Å²) in [7, 11) is 0. The lowest BCUT2D eigenvalue weighted by Crippen LogP contribution is -2.34. The van der Waals surface area contributed by atoms with E-state index in [1.807, 2.05) is 30.3 Å². The second kappa shape index (κ2) is 7.39. The predicted molar refractivity (Wildman–Crippen MR) is 75.4 cm³/mol. The van der Waals surface area contributed by atoms with Crippen molar-refractivity contribution in [2.45, 2.75) is 25.8 Å². The van der Waals surface area contributed by atoms with Crippen molar-refractivity contribution in [1.29, 1.82) is 0 Å². The van der Waals surface area contributed by atoms with Gasteiger partial charge in [0.25, 0.3) is 0 Å². The second-order valence-corrected chi connectivity index (χ2v) is 4.74. The van der Waals surface area contributed by atoms with Crippen molar-refractivity contribution in [2.75, 3.05) is 6.54 Å². The number of halogens is 1. The number of benzene rings is 1. The lowest BCUT2D eigenvalue weighted by Gasteiger charge is -2.17. The van der Waals surface area contributed by atoms with Crippen molar-refractivity contribution < 1.29 is 4.79 Å². The van der Waals surface area contributed by atoms with Gasteiger partial charge in [-0.1, -0.05) is 36.8 Å². The van der Waals surface area contributed by atoms with Gasteiger partial charge in [0.2, 0.25) is 5.91 Å². The summed E-state index contributed by atoms with van der Waals surface area (Å²) in [6.07, 6.45) is 3.22. The number of rotatable bonds is 4. The molecule has 0 aromatic heterocycles. The number of nitrogens with two attached hydrogens (primary N) is 1. The van der Waals surface area contributed by atoms with Gasteiger partial charge in [-0.3, -0.25) is 4.79 Å². The van der Waals surface area contributed by atoms with Crippen molar-refractivity contribution in [1.82, 2.24) is 5.32 Å². The zero-order chi connectivity index (χ0) is 12.1. The van der Waals surface area contributed by atoms with Crippen LogP contribution in [0.4, 0.5) is 0 Å². The molecule has 3 nitrogen and oxygen atoms in total. The molecule has 0 unspecified atom stereocenters. The van der Waals surface area contributed by atoms with E-state index in [1.54, 1.807) is 0 Å². The molecule has 18 heavy (non-hydrogen) atoms. The van der Waals surface area contributed by atoms with Gasteiger partial charge in [0.15, 0.2) is 0 Å². The van der Waals surface area contributed by atoms with Crippen molar-refractivity contribution in [2.24, 2.45) is 17.6 Å². The summed E-state index contributed by atoms with van der Waals surface area (Å²) in [6, 6.07) is 10.00. The number of carbonyl (C=O) groups excluding carboxylic acids is 1. The van der Waals surface area contributed by atoms with E-state index >= 15 is 0 Å². The van der Waals surface area contributed by atoms with Gasteiger partial charge in [0.1, 0.15) is 0 Å². The van der Waals surface area contributed by atoms with Crippen LogP contribution in [0.2, 0.25) is 0 Å². The topological polar surface area (TPSA) is 55.1 Å². The van der Waals surface area contributed by atoms with Crippen molar-refractivity contribution in [3.63, 3.8) is 0 Å². The van der Waals surface area contributed by atoms with E-state index in [9.17, 15) is 4.79 Å². The molecule has 4 heteroatoms. The fourth-order valence-electron chi connectivity index (χ4n) is 2.58. The molecule has 1 aliphatic rings. The van der Waals surface area contributed by atoms with Gasteiger partial charge in [-0.25, -0.2) is 0 Å². The number of hydrogen-bond donors (Lipinski definition) is 2. The Bertz CT molecular complexity index is 369. The summed E-state index contributed by atoms with van der Waals surface area (Å²) in [4.78, 5) is 12.0. The molecule has 0 heterocycles. The molecule has 2 atom stereocenters. The van der Waals surface area contributed by atoms with Crippen LogP contribution in [-0.4, -0.2) is 12.5 Å². The predicted octanol–water partition coefficient (Wildman–Crippen LogP) is 2.10. The summed E-state index contributed by atoms with van der Waals surface area (Å²) in [5.41, 5.74) is 6.83. The molecule has 3 N–H and O–H groups in total. The van der Waals surface area contributed by atoms with Gasteiger partial charge in [-0.2, -0.15) is 0 Å². The largest absolute Gasteiger partial charge is 0.352 e. The van der Waals surface area contributed by atoms with Crippen molar-refractivity contribution in [3.05, 3.63) is 35.9 Å². The van der Waals surface area contributed by atoms with Gasteiger partial charge < -0.3 is 11.1 Å². The van der Waals surface area contributed by atoms with Crippen LogP contribution in [0, 0.1) is 11.8 Å². The highest BCUT2D eigenvalue weighted by atomic mass is 35.5. The van der Waals surface area contributed by atoms with Crippen LogP contribution in [0.25, 0.3) is 0 Å². The van der Waals surface area contributed by atoms with E-state index in [1.165, 1.54) is 0 Å². The Balaban J connectivity index is 0.00000162. The lowest BCUT2D eigenvalue weighted by atomic mass is 9.95. The zero-order valence-corrected chi connectivity index (χ0v) is 11.3. The van der Waals surface area contributed by atoms with Crippen molar-refractivity contribution >= 4 is 18.3 Å². The first-order valence-electron chi connectivity index (χ1n) is 6.33. The van der Waals surface area contributed by atoms with Crippen LogP contribution in [0.15, 0.2) is 30.3 Å². The molecule has 1 aliphatic carbocycles. The molecule has 1 saturated carbocycles. The Labute approximate surface area is 115 Å². The van der Waals surface area contributed by atoms with E-state index in [0.29, 0.717) is 19.0 Å². The van der Waals surface area contributed by atoms with Crippen LogP contribution >= 0.6 is 12.4 Å². The minimum absolute atomic E-state index is 0. The highest BCUT2D eigenvalue weighted by molar-refractivity contribution is 5.85. The number of amides is 1. The SMILES string of the molecule is Cl.NC[C@H]1CCC[C@H]1C(=O)NCc1ccccc1. The van der Waals surface area contributed by atoms with E-state index in [4.69, 9.17) is 5.73 Å². The van der Waals surface area contributed by atoms with Crippen LogP contribution in [-0.2, 0) is 11.3 Å². The van der Waals surface area contributed by atoms with Crippen LogP contribution in [0.5, 0.6) is 0 Å². The number of carbonyl (C=O) groups is 1. The first-order chi connectivity index (χ1) is 8.31. The average molecular weight is 269 g/mol. The van der Waals surface area contributed by atoms with Gasteiger partial charge in [-0.15, -0.1) is 12.4 Å². The summed E-state index contributed by atoms with van der Waals surface area (Å²) < 4.78 is 0. The molecule has 1 aromatic rings. The fourth-order valence-corrected chi connectivity index (χ4v) is 2.58. The molecule has 1 fully saturated rings. The average Bonchev–Trinajstić information content (AvgIpc) is 2.85. The third-order valence-corrected chi connectivity index (χ3v) is 3.61. The van der Waals surface area contributed by atoms with Crippen molar-refractivity contribution in [3.8, 4) is 0 Å². The summed E-state index contributed by atoms with van der Waals surface area (Å²) in [5.74, 6) is 0.677. The number of hydrogen-bond acceptors (Lipinski definition) is 2. The minimum Gasteiger partial charge on any atom is -0.352 e. The third kappa shape index (κ3) is 3.72. The van der Waals surface area contributed by atoms with E-state index in [2.05, 4.69) is 5.32 Å². The van der Waals surface area contributed by atoms with E-state index in [-0.39, 0.29) is 24.2 Å². The Hall–Kier alpha value is -1.06. The fraction of sp³-hybridized carbons (Fsp3) is 0.500. The Morgan fingerprint density at radius 2 is 2.00 bits per heavy atom. The van der Waals surface area contributed by atoms with Crippen LogP contribution in [0.1, 0.15) is 24.8 Å². The summed E-state index contributed by atoms with van der Waals surface area (Å²) >= 11 is 0. The highest BCUT2D eigenvalue weighted by Gasteiger charge is 2.31. The molecule has 2 rings (SSSR count). The maximum Gasteiger partial charge on any atom is 0.223 e.